The summed E-state index contributed by atoms with van der Waals surface area (Å²) in [6.07, 6.45) is 3.27. The first kappa shape index (κ1) is 16.8. The van der Waals surface area contributed by atoms with Gasteiger partial charge in [0.05, 0.1) is 24.2 Å². The third-order valence-electron chi connectivity index (χ3n) is 4.75. The number of aromatic nitrogens is 3. The number of nitrogens with zero attached hydrogens (tertiary/aromatic N) is 3. The Morgan fingerprint density at radius 3 is 2.71 bits per heavy atom. The predicted octanol–water partition coefficient (Wildman–Crippen LogP) is 3.00. The number of rotatable bonds is 7. The van der Waals surface area contributed by atoms with Crippen molar-refractivity contribution in [2.24, 2.45) is 5.92 Å². The molecule has 1 saturated carbocycles. The molecule has 1 aliphatic rings. The van der Waals surface area contributed by atoms with Crippen LogP contribution in [0.1, 0.15) is 27.4 Å². The monoisotopic (exact) mass is 421 g/mol. The molecular weight excluding hydrogens is 396 g/mol. The van der Waals surface area contributed by atoms with Crippen LogP contribution in [0.3, 0.4) is 0 Å². The molecule has 3 aromatic rings. The van der Waals surface area contributed by atoms with Crippen LogP contribution in [0, 0.1) is 5.92 Å². The summed E-state index contributed by atoms with van der Waals surface area (Å²) in [6.45, 7) is -2.72. The van der Waals surface area contributed by atoms with Crippen molar-refractivity contribution in [2.45, 2.75) is 12.8 Å². The highest BCUT2D eigenvalue weighted by molar-refractivity contribution is 6.00. The maximum atomic E-state index is 12.6. The molecule has 1 aliphatic carbocycles. The van der Waals surface area contributed by atoms with Gasteiger partial charge in [0.2, 0.25) is 5.91 Å². The summed E-state index contributed by atoms with van der Waals surface area (Å²) >= 11 is 0. The van der Waals surface area contributed by atoms with Gasteiger partial charge < -0.3 is 20.7 Å². The second-order valence-corrected chi connectivity index (χ2v) is 6.94. The summed E-state index contributed by atoms with van der Waals surface area (Å²) in [5.74, 6) is -0.620. The number of carbonyl (C=O) groups excluding carboxylic acids is 2. The van der Waals surface area contributed by atoms with E-state index in [1.165, 1.54) is 13.2 Å². The number of methoxy groups -OCH3 is 1. The van der Waals surface area contributed by atoms with Crippen molar-refractivity contribution in [3.8, 4) is 17.0 Å². The van der Waals surface area contributed by atoms with E-state index in [1.54, 1.807) is 24.4 Å². The molecule has 31 heavy (non-hydrogen) atoms. The quantitative estimate of drug-likeness (QED) is 0.537. The smallest absolute Gasteiger partial charge is 0.273 e. The van der Waals surface area contributed by atoms with E-state index in [9.17, 15) is 9.59 Å². The van der Waals surface area contributed by atoms with Crippen LogP contribution in [0.15, 0.2) is 48.7 Å². The van der Waals surface area contributed by atoms with Crippen molar-refractivity contribution >= 4 is 29.0 Å². The Balaban J connectivity index is 1.72. The molecule has 158 valence electrons. The predicted molar refractivity (Wildman–Crippen MR) is 116 cm³/mol. The Morgan fingerprint density at radius 2 is 2.00 bits per heavy atom. The molecule has 9 heteroatoms. The number of ether oxygens (including phenoxy) is 1. The molecule has 0 spiro atoms. The average Bonchev–Trinajstić information content (AvgIpc) is 3.64. The molecule has 1 aromatic carbocycles. The minimum absolute atomic E-state index is 0.0631. The maximum Gasteiger partial charge on any atom is 0.273 e. The van der Waals surface area contributed by atoms with Crippen LogP contribution in [-0.2, 0) is 4.79 Å². The summed E-state index contributed by atoms with van der Waals surface area (Å²) in [7, 11) is 1.50. The molecule has 2 amide bonds. The third kappa shape index (κ3) is 4.45. The van der Waals surface area contributed by atoms with Crippen LogP contribution in [0.2, 0.25) is 0 Å². The highest BCUT2D eigenvalue weighted by Gasteiger charge is 2.30. The number of hydrogen-bond donors (Lipinski definition) is 3. The molecule has 2 heterocycles. The van der Waals surface area contributed by atoms with Crippen LogP contribution in [0.25, 0.3) is 11.3 Å². The van der Waals surface area contributed by atoms with E-state index in [0.717, 1.165) is 12.8 Å². The van der Waals surface area contributed by atoms with Crippen molar-refractivity contribution in [3.63, 3.8) is 0 Å². The van der Waals surface area contributed by atoms with E-state index < -0.39 is 12.9 Å². The number of carbonyl (C=O) groups is 2. The van der Waals surface area contributed by atoms with Crippen LogP contribution < -0.4 is 20.7 Å². The standard InChI is InChI=1S/C22H22N6O3/c1-23-22(30)19-17(12-18(27-28-19)26-21(29)13-9-10-13)25-16-8-5-6-14(20(16)31-2)15-7-3-4-11-24-15/h3-8,11-13H,9-10H2,1-2H3,(H,23,30)(H2,25,26,27,29)/i1D3. The third-order valence-corrected chi connectivity index (χ3v) is 4.75. The zero-order valence-electron chi connectivity index (χ0n) is 19.7. The van der Waals surface area contributed by atoms with Gasteiger partial charge >= 0.3 is 0 Å². The van der Waals surface area contributed by atoms with Gasteiger partial charge in [0.1, 0.15) is 0 Å². The number of pyridine rings is 1. The molecule has 9 nitrogen and oxygen atoms in total. The fraction of sp³-hybridized carbons (Fsp3) is 0.227. The van der Waals surface area contributed by atoms with Crippen LogP contribution >= 0.6 is 0 Å². The second kappa shape index (κ2) is 8.78. The van der Waals surface area contributed by atoms with E-state index in [2.05, 4.69) is 25.8 Å². The Kier molecular flexibility index (Phi) is 4.75. The molecule has 0 radical (unpaired) electrons. The van der Waals surface area contributed by atoms with Gasteiger partial charge in [-0.15, -0.1) is 10.2 Å². The van der Waals surface area contributed by atoms with Crippen molar-refractivity contribution in [1.82, 2.24) is 20.5 Å². The fourth-order valence-electron chi connectivity index (χ4n) is 3.07. The number of amides is 2. The van der Waals surface area contributed by atoms with Gasteiger partial charge in [-0.25, -0.2) is 0 Å². The number of nitrogens with one attached hydrogen (secondary N) is 3. The number of benzene rings is 1. The molecule has 0 unspecified atom stereocenters. The molecule has 3 N–H and O–H groups in total. The summed E-state index contributed by atoms with van der Waals surface area (Å²) < 4.78 is 27.6. The van der Waals surface area contributed by atoms with E-state index >= 15 is 0 Å². The molecule has 0 aliphatic heterocycles. The maximum absolute atomic E-state index is 12.6. The van der Waals surface area contributed by atoms with Crippen molar-refractivity contribution in [3.05, 3.63) is 54.4 Å². The number of hydrogen-bond acceptors (Lipinski definition) is 7. The zero-order chi connectivity index (χ0) is 24.3. The summed E-state index contributed by atoms with van der Waals surface area (Å²) in [4.78, 5) is 29.2. The Hall–Kier alpha value is -4.01. The van der Waals surface area contributed by atoms with E-state index in [4.69, 9.17) is 8.85 Å². The van der Waals surface area contributed by atoms with Gasteiger partial charge in [0, 0.05) is 34.8 Å². The highest BCUT2D eigenvalue weighted by Crippen LogP contribution is 2.37. The van der Waals surface area contributed by atoms with E-state index in [1.807, 2.05) is 23.5 Å². The molecule has 0 bridgehead atoms. The van der Waals surface area contributed by atoms with Gasteiger partial charge in [-0.3, -0.25) is 14.6 Å². The first-order valence-electron chi connectivity index (χ1n) is 11.1. The summed E-state index contributed by atoms with van der Waals surface area (Å²) in [6, 6.07) is 12.2. The summed E-state index contributed by atoms with van der Waals surface area (Å²) in [5, 5.41) is 15.4. The SMILES string of the molecule is [2H]C([2H])([2H])NC(=O)c1nnc(NC(=O)C2CC2)cc1Nc1cccc(-c2ccccn2)c1OC. The van der Waals surface area contributed by atoms with Crippen LogP contribution in [-0.4, -0.2) is 41.1 Å². The zero-order valence-corrected chi connectivity index (χ0v) is 16.7. The lowest BCUT2D eigenvalue weighted by molar-refractivity contribution is -0.117. The van der Waals surface area contributed by atoms with Crippen molar-refractivity contribution < 1.29 is 18.4 Å². The first-order chi connectivity index (χ1) is 16.2. The average molecular weight is 421 g/mol. The fourth-order valence-corrected chi connectivity index (χ4v) is 3.07. The van der Waals surface area contributed by atoms with E-state index in [-0.39, 0.29) is 29.0 Å². The minimum Gasteiger partial charge on any atom is -0.494 e. The number of para-hydroxylation sites is 1. The van der Waals surface area contributed by atoms with Crippen LogP contribution in [0.4, 0.5) is 17.2 Å². The Morgan fingerprint density at radius 1 is 1.13 bits per heavy atom. The molecule has 2 aromatic heterocycles. The van der Waals surface area contributed by atoms with Gasteiger partial charge in [-0.1, -0.05) is 12.1 Å². The minimum atomic E-state index is -2.72. The van der Waals surface area contributed by atoms with Crippen molar-refractivity contribution in [1.29, 1.82) is 0 Å². The highest BCUT2D eigenvalue weighted by atomic mass is 16.5. The van der Waals surface area contributed by atoms with Crippen LogP contribution in [0.5, 0.6) is 5.75 Å². The van der Waals surface area contributed by atoms with Crippen molar-refractivity contribution in [2.75, 3.05) is 24.7 Å². The Labute approximate surface area is 183 Å². The van der Waals surface area contributed by atoms with Gasteiger partial charge in [0.15, 0.2) is 17.3 Å². The van der Waals surface area contributed by atoms with Gasteiger partial charge in [0.25, 0.3) is 5.91 Å². The topological polar surface area (TPSA) is 118 Å². The molecular formula is C22H22N6O3. The molecule has 1 fully saturated rings. The Bertz CT molecular complexity index is 1220. The number of anilines is 3. The second-order valence-electron chi connectivity index (χ2n) is 6.94. The normalized spacial score (nSPS) is 14.5. The lowest BCUT2D eigenvalue weighted by Crippen LogP contribution is -2.22. The molecule has 0 atom stereocenters. The van der Waals surface area contributed by atoms with Gasteiger partial charge in [-0.2, -0.15) is 0 Å². The lowest BCUT2D eigenvalue weighted by Gasteiger charge is -2.16. The van der Waals surface area contributed by atoms with Gasteiger partial charge in [-0.05, 0) is 37.1 Å². The summed E-state index contributed by atoms with van der Waals surface area (Å²) in [5.41, 5.74) is 1.73. The molecule has 4 rings (SSSR count). The largest absolute Gasteiger partial charge is 0.494 e. The molecule has 0 saturated heterocycles. The van der Waals surface area contributed by atoms with E-state index in [0.29, 0.717) is 22.7 Å². The first-order valence-corrected chi connectivity index (χ1v) is 9.61. The lowest BCUT2D eigenvalue weighted by atomic mass is 10.1.